The standard InChI is InChI=1S/C22H22N4O3/c23-14-18-4-8-20(9-5-18)28-12-2-1-3-13-29-21-10-6-19(7-11-21)22(27)15-26-17-24-16-25-26/h4-11,16-17H,1-3,12-13,15H2. The monoisotopic (exact) mass is 390 g/mol. The maximum absolute atomic E-state index is 12.2. The molecular weight excluding hydrogens is 368 g/mol. The molecule has 0 radical (unpaired) electrons. The zero-order valence-electron chi connectivity index (χ0n) is 16.0. The highest BCUT2D eigenvalue weighted by molar-refractivity contribution is 5.95. The first-order valence-corrected chi connectivity index (χ1v) is 9.46. The third-order valence-electron chi connectivity index (χ3n) is 4.26. The van der Waals surface area contributed by atoms with E-state index in [1.54, 1.807) is 24.3 Å². The predicted octanol–water partition coefficient (Wildman–Crippen LogP) is 3.66. The Balaban J connectivity index is 1.29. The highest BCUT2D eigenvalue weighted by Crippen LogP contribution is 2.15. The lowest BCUT2D eigenvalue weighted by atomic mass is 10.1. The van der Waals surface area contributed by atoms with Crippen molar-refractivity contribution in [3.63, 3.8) is 0 Å². The Labute approximate surface area is 169 Å². The topological polar surface area (TPSA) is 90.0 Å². The molecule has 0 unspecified atom stereocenters. The molecule has 0 aliphatic rings. The van der Waals surface area contributed by atoms with Crippen molar-refractivity contribution >= 4 is 5.78 Å². The zero-order chi connectivity index (χ0) is 20.3. The SMILES string of the molecule is N#Cc1ccc(OCCCCCOc2ccc(C(=O)Cn3cncn3)cc2)cc1. The van der Waals surface area contributed by atoms with Crippen LogP contribution in [0.4, 0.5) is 0 Å². The molecule has 0 N–H and O–H groups in total. The van der Waals surface area contributed by atoms with Gasteiger partial charge in [0.25, 0.3) is 0 Å². The molecule has 3 rings (SSSR count). The van der Waals surface area contributed by atoms with Crippen molar-refractivity contribution in [2.45, 2.75) is 25.8 Å². The Morgan fingerprint density at radius 1 is 0.931 bits per heavy atom. The van der Waals surface area contributed by atoms with Gasteiger partial charge in [0.15, 0.2) is 5.78 Å². The third kappa shape index (κ3) is 6.47. The molecule has 0 aliphatic carbocycles. The van der Waals surface area contributed by atoms with Crippen LogP contribution < -0.4 is 9.47 Å². The van der Waals surface area contributed by atoms with E-state index < -0.39 is 0 Å². The molecule has 0 atom stereocenters. The molecule has 0 saturated carbocycles. The summed E-state index contributed by atoms with van der Waals surface area (Å²) in [6, 6.07) is 16.3. The average molecular weight is 390 g/mol. The fourth-order valence-electron chi connectivity index (χ4n) is 2.68. The second-order valence-corrected chi connectivity index (χ2v) is 6.43. The van der Waals surface area contributed by atoms with Crippen LogP contribution in [0, 0.1) is 11.3 Å². The van der Waals surface area contributed by atoms with Crippen molar-refractivity contribution in [1.29, 1.82) is 5.26 Å². The molecule has 1 heterocycles. The van der Waals surface area contributed by atoms with Gasteiger partial charge in [0, 0.05) is 5.56 Å². The number of unbranched alkanes of at least 4 members (excludes halogenated alkanes) is 2. The predicted molar refractivity (Wildman–Crippen MR) is 107 cm³/mol. The van der Waals surface area contributed by atoms with Crippen LogP contribution in [0.15, 0.2) is 61.2 Å². The first-order chi connectivity index (χ1) is 14.2. The molecule has 29 heavy (non-hydrogen) atoms. The highest BCUT2D eigenvalue weighted by atomic mass is 16.5. The summed E-state index contributed by atoms with van der Waals surface area (Å²) in [6.45, 7) is 1.42. The van der Waals surface area contributed by atoms with E-state index in [0.717, 1.165) is 30.8 Å². The number of carbonyl (C=O) groups excluding carboxylic acids is 1. The number of ketones is 1. The van der Waals surface area contributed by atoms with E-state index in [2.05, 4.69) is 16.2 Å². The van der Waals surface area contributed by atoms with Crippen LogP contribution in [-0.2, 0) is 6.54 Å². The number of hydrogen-bond donors (Lipinski definition) is 0. The molecule has 0 amide bonds. The van der Waals surface area contributed by atoms with E-state index in [1.807, 2.05) is 24.3 Å². The molecule has 3 aromatic rings. The molecule has 0 bridgehead atoms. The third-order valence-corrected chi connectivity index (χ3v) is 4.26. The number of benzene rings is 2. The summed E-state index contributed by atoms with van der Waals surface area (Å²) in [4.78, 5) is 16.0. The Morgan fingerprint density at radius 2 is 1.55 bits per heavy atom. The van der Waals surface area contributed by atoms with Crippen molar-refractivity contribution in [3.05, 3.63) is 72.3 Å². The molecule has 1 aromatic heterocycles. The summed E-state index contributed by atoms with van der Waals surface area (Å²) in [5.41, 5.74) is 1.25. The summed E-state index contributed by atoms with van der Waals surface area (Å²) in [6.07, 6.45) is 5.77. The second kappa shape index (κ2) is 10.6. The van der Waals surface area contributed by atoms with E-state index in [0.29, 0.717) is 24.3 Å². The van der Waals surface area contributed by atoms with E-state index in [4.69, 9.17) is 14.7 Å². The first kappa shape index (κ1) is 20.1. The molecule has 2 aromatic carbocycles. The lowest BCUT2D eigenvalue weighted by molar-refractivity contribution is 0.0967. The smallest absolute Gasteiger partial charge is 0.184 e. The molecule has 7 heteroatoms. The van der Waals surface area contributed by atoms with Gasteiger partial charge in [-0.3, -0.25) is 4.79 Å². The van der Waals surface area contributed by atoms with Crippen molar-refractivity contribution < 1.29 is 14.3 Å². The van der Waals surface area contributed by atoms with Crippen molar-refractivity contribution in [2.75, 3.05) is 13.2 Å². The number of nitrogens with zero attached hydrogens (tertiary/aromatic N) is 4. The van der Waals surface area contributed by atoms with E-state index in [1.165, 1.54) is 17.3 Å². The van der Waals surface area contributed by atoms with Crippen LogP contribution in [0.25, 0.3) is 0 Å². The normalized spacial score (nSPS) is 10.3. The minimum absolute atomic E-state index is 0.0238. The van der Waals surface area contributed by atoms with Crippen molar-refractivity contribution in [2.24, 2.45) is 0 Å². The van der Waals surface area contributed by atoms with Gasteiger partial charge in [-0.25, -0.2) is 9.67 Å². The van der Waals surface area contributed by atoms with Gasteiger partial charge >= 0.3 is 0 Å². The van der Waals surface area contributed by atoms with E-state index >= 15 is 0 Å². The molecule has 0 spiro atoms. The Morgan fingerprint density at radius 3 is 2.10 bits per heavy atom. The first-order valence-electron chi connectivity index (χ1n) is 9.46. The maximum atomic E-state index is 12.2. The largest absolute Gasteiger partial charge is 0.494 e. The number of aromatic nitrogens is 3. The number of nitriles is 1. The minimum Gasteiger partial charge on any atom is -0.494 e. The quantitative estimate of drug-likeness (QED) is 0.367. The summed E-state index contributed by atoms with van der Waals surface area (Å²) < 4.78 is 12.9. The zero-order valence-corrected chi connectivity index (χ0v) is 16.0. The summed E-state index contributed by atoms with van der Waals surface area (Å²) >= 11 is 0. The number of hydrogen-bond acceptors (Lipinski definition) is 6. The minimum atomic E-state index is -0.0238. The number of Topliss-reactive ketones (excluding diaryl/α,β-unsaturated/α-hetero) is 1. The van der Waals surface area contributed by atoms with Crippen LogP contribution in [-0.4, -0.2) is 33.8 Å². The Kier molecular flexibility index (Phi) is 7.35. The van der Waals surface area contributed by atoms with Gasteiger partial charge in [0.1, 0.15) is 30.7 Å². The Hall–Kier alpha value is -3.66. The van der Waals surface area contributed by atoms with Gasteiger partial charge in [0.05, 0.1) is 24.8 Å². The highest BCUT2D eigenvalue weighted by Gasteiger charge is 2.07. The van der Waals surface area contributed by atoms with Crippen LogP contribution in [0.3, 0.4) is 0 Å². The fraction of sp³-hybridized carbons (Fsp3) is 0.273. The molecule has 0 fully saturated rings. The maximum Gasteiger partial charge on any atom is 0.184 e. The molecule has 148 valence electrons. The van der Waals surface area contributed by atoms with E-state index in [-0.39, 0.29) is 12.3 Å². The van der Waals surface area contributed by atoms with Gasteiger partial charge in [0.2, 0.25) is 0 Å². The number of rotatable bonds is 11. The van der Waals surface area contributed by atoms with Gasteiger partial charge in [-0.2, -0.15) is 10.4 Å². The number of carbonyl (C=O) groups is 1. The number of ether oxygens (including phenoxy) is 2. The molecule has 0 saturated heterocycles. The van der Waals surface area contributed by atoms with Gasteiger partial charge < -0.3 is 9.47 Å². The van der Waals surface area contributed by atoms with Crippen LogP contribution >= 0.6 is 0 Å². The molecule has 0 aliphatic heterocycles. The summed E-state index contributed by atoms with van der Waals surface area (Å²) in [5, 5.41) is 12.7. The van der Waals surface area contributed by atoms with Gasteiger partial charge in [-0.05, 0) is 67.8 Å². The summed E-state index contributed by atoms with van der Waals surface area (Å²) in [7, 11) is 0. The fourth-order valence-corrected chi connectivity index (χ4v) is 2.68. The van der Waals surface area contributed by atoms with Crippen LogP contribution in [0.2, 0.25) is 0 Å². The van der Waals surface area contributed by atoms with Crippen LogP contribution in [0.1, 0.15) is 35.2 Å². The lowest BCUT2D eigenvalue weighted by Gasteiger charge is -2.08. The van der Waals surface area contributed by atoms with Crippen LogP contribution in [0.5, 0.6) is 11.5 Å². The second-order valence-electron chi connectivity index (χ2n) is 6.43. The molecule has 7 nitrogen and oxygen atoms in total. The van der Waals surface area contributed by atoms with Crippen molar-refractivity contribution in [1.82, 2.24) is 14.8 Å². The van der Waals surface area contributed by atoms with Crippen molar-refractivity contribution in [3.8, 4) is 17.6 Å². The van der Waals surface area contributed by atoms with E-state index in [9.17, 15) is 4.79 Å². The molecular formula is C22H22N4O3. The lowest BCUT2D eigenvalue weighted by Crippen LogP contribution is -2.10. The summed E-state index contributed by atoms with van der Waals surface area (Å²) in [5.74, 6) is 1.50. The average Bonchev–Trinajstić information content (AvgIpc) is 3.27. The van der Waals surface area contributed by atoms with Gasteiger partial charge in [-0.1, -0.05) is 0 Å². The Bertz CT molecular complexity index is 930. The van der Waals surface area contributed by atoms with Gasteiger partial charge in [-0.15, -0.1) is 0 Å².